The van der Waals surface area contributed by atoms with Crippen molar-refractivity contribution in [3.63, 3.8) is 0 Å². The highest BCUT2D eigenvalue weighted by molar-refractivity contribution is 5.95. The van der Waals surface area contributed by atoms with Gasteiger partial charge in [0.1, 0.15) is 0 Å². The average molecular weight is 455 g/mol. The predicted molar refractivity (Wildman–Crippen MR) is 127 cm³/mol. The third-order valence-corrected chi connectivity index (χ3v) is 6.19. The summed E-state index contributed by atoms with van der Waals surface area (Å²) in [5.74, 6) is 0.866. The molecular formula is C26H34N2O5. The first-order valence-electron chi connectivity index (χ1n) is 11.4. The minimum Gasteiger partial charge on any atom is -0.493 e. The van der Waals surface area contributed by atoms with Crippen LogP contribution in [0.2, 0.25) is 0 Å². The Morgan fingerprint density at radius 3 is 2.18 bits per heavy atom. The second kappa shape index (κ2) is 11.1. The van der Waals surface area contributed by atoms with Gasteiger partial charge in [0.05, 0.1) is 27.2 Å². The minimum absolute atomic E-state index is 0.0404. The van der Waals surface area contributed by atoms with Crippen molar-refractivity contribution in [3.8, 4) is 17.2 Å². The van der Waals surface area contributed by atoms with E-state index in [4.69, 9.17) is 14.2 Å². The molecule has 0 aliphatic carbocycles. The summed E-state index contributed by atoms with van der Waals surface area (Å²) in [5.41, 5.74) is 2.59. The van der Waals surface area contributed by atoms with Crippen molar-refractivity contribution in [1.82, 2.24) is 10.2 Å². The van der Waals surface area contributed by atoms with Crippen LogP contribution >= 0.6 is 0 Å². The van der Waals surface area contributed by atoms with Gasteiger partial charge in [-0.05, 0) is 43.2 Å². The number of likely N-dealkylation sites (tertiary alicyclic amines) is 1. The third-order valence-electron chi connectivity index (χ3n) is 6.19. The zero-order valence-electron chi connectivity index (χ0n) is 20.1. The van der Waals surface area contributed by atoms with E-state index in [2.05, 4.69) is 12.2 Å². The first-order valence-corrected chi connectivity index (χ1v) is 11.4. The van der Waals surface area contributed by atoms with E-state index < -0.39 is 0 Å². The molecular weight excluding hydrogens is 420 g/mol. The molecule has 2 aromatic rings. The normalized spacial score (nSPS) is 17.5. The lowest BCUT2D eigenvalue weighted by Gasteiger charge is -2.21. The molecule has 7 nitrogen and oxygen atoms in total. The fourth-order valence-electron chi connectivity index (χ4n) is 4.29. The van der Waals surface area contributed by atoms with Crippen LogP contribution in [-0.2, 0) is 4.79 Å². The number of aryl methyl sites for hydroxylation is 1. The van der Waals surface area contributed by atoms with E-state index >= 15 is 0 Å². The Kier molecular flexibility index (Phi) is 8.20. The molecule has 3 rings (SSSR count). The van der Waals surface area contributed by atoms with Gasteiger partial charge in [-0.25, -0.2) is 0 Å². The molecule has 1 heterocycles. The molecule has 0 unspecified atom stereocenters. The summed E-state index contributed by atoms with van der Waals surface area (Å²) in [4.78, 5) is 28.2. The fourth-order valence-corrected chi connectivity index (χ4v) is 4.29. The summed E-state index contributed by atoms with van der Waals surface area (Å²) < 4.78 is 16.5. The van der Waals surface area contributed by atoms with E-state index in [1.54, 1.807) is 26.2 Å². The first-order chi connectivity index (χ1) is 15.9. The van der Waals surface area contributed by atoms with E-state index in [-0.39, 0.29) is 23.7 Å². The van der Waals surface area contributed by atoms with Gasteiger partial charge >= 0.3 is 0 Å². The largest absolute Gasteiger partial charge is 0.493 e. The summed E-state index contributed by atoms with van der Waals surface area (Å²) in [6, 6.07) is 11.3. The van der Waals surface area contributed by atoms with E-state index in [1.165, 1.54) is 0 Å². The summed E-state index contributed by atoms with van der Waals surface area (Å²) >= 11 is 0. The van der Waals surface area contributed by atoms with Gasteiger partial charge in [0.25, 0.3) is 5.91 Å². The number of hydrogen-bond donors (Lipinski definition) is 1. The van der Waals surface area contributed by atoms with Crippen LogP contribution in [0.15, 0.2) is 36.4 Å². The zero-order chi connectivity index (χ0) is 24.0. The van der Waals surface area contributed by atoms with E-state index in [1.807, 2.05) is 43.3 Å². The van der Waals surface area contributed by atoms with Gasteiger partial charge in [-0.1, -0.05) is 31.0 Å². The van der Waals surface area contributed by atoms with Crippen molar-refractivity contribution in [2.24, 2.45) is 5.92 Å². The Bertz CT molecular complexity index is 948. The second-order valence-electron chi connectivity index (χ2n) is 8.39. The Balaban J connectivity index is 1.94. The number of nitrogens with zero attached hydrogens (tertiary/aromatic N) is 1. The highest BCUT2D eigenvalue weighted by Crippen LogP contribution is 2.43. The number of hydrogen-bond acceptors (Lipinski definition) is 5. The maximum Gasteiger partial charge on any atom is 0.253 e. The number of carbonyl (C=O) groups is 2. The number of ether oxygens (including phenoxy) is 3. The molecule has 0 saturated carbocycles. The molecule has 33 heavy (non-hydrogen) atoms. The number of methoxy groups -OCH3 is 3. The Morgan fingerprint density at radius 2 is 1.64 bits per heavy atom. The molecule has 0 spiro atoms. The lowest BCUT2D eigenvalue weighted by atomic mass is 9.88. The van der Waals surface area contributed by atoms with E-state index in [0.717, 1.165) is 24.0 Å². The lowest BCUT2D eigenvalue weighted by Crippen LogP contribution is -2.36. The van der Waals surface area contributed by atoms with Gasteiger partial charge in [0.2, 0.25) is 11.7 Å². The number of carbonyl (C=O) groups excluding carboxylic acids is 2. The first kappa shape index (κ1) is 24.4. The zero-order valence-corrected chi connectivity index (χ0v) is 20.1. The number of amides is 2. The molecule has 2 atom stereocenters. The van der Waals surface area contributed by atoms with Crippen molar-refractivity contribution in [2.75, 3.05) is 41.0 Å². The maximum atomic E-state index is 13.2. The van der Waals surface area contributed by atoms with Crippen LogP contribution in [0.5, 0.6) is 17.2 Å². The fraction of sp³-hybridized carbons (Fsp3) is 0.462. The molecule has 2 aromatic carbocycles. The van der Waals surface area contributed by atoms with Crippen LogP contribution < -0.4 is 19.5 Å². The monoisotopic (exact) mass is 454 g/mol. The van der Waals surface area contributed by atoms with Gasteiger partial charge in [-0.15, -0.1) is 0 Å². The van der Waals surface area contributed by atoms with Crippen molar-refractivity contribution in [2.45, 2.75) is 32.6 Å². The molecule has 1 fully saturated rings. The summed E-state index contributed by atoms with van der Waals surface area (Å²) in [7, 11) is 4.69. The number of nitrogens with one attached hydrogen (secondary N) is 1. The summed E-state index contributed by atoms with van der Waals surface area (Å²) in [5, 5.41) is 3.05. The van der Waals surface area contributed by atoms with Gasteiger partial charge < -0.3 is 24.4 Å². The topological polar surface area (TPSA) is 77.1 Å². The average Bonchev–Trinajstić information content (AvgIpc) is 3.28. The SMILES string of the molecule is CCCCNC(=O)[C@@H]1CN(C(=O)c2ccc(C)cc2)C[C@H]1c1cc(OC)c(OC)c(OC)c1. The van der Waals surface area contributed by atoms with Crippen LogP contribution in [0, 0.1) is 12.8 Å². The highest BCUT2D eigenvalue weighted by atomic mass is 16.5. The van der Waals surface area contributed by atoms with Crippen LogP contribution in [0.4, 0.5) is 0 Å². The summed E-state index contributed by atoms with van der Waals surface area (Å²) in [6.45, 7) is 5.48. The maximum absolute atomic E-state index is 13.2. The molecule has 178 valence electrons. The second-order valence-corrected chi connectivity index (χ2v) is 8.39. The van der Waals surface area contributed by atoms with Crippen LogP contribution in [0.25, 0.3) is 0 Å². The van der Waals surface area contributed by atoms with Crippen molar-refractivity contribution < 1.29 is 23.8 Å². The van der Waals surface area contributed by atoms with Crippen molar-refractivity contribution in [1.29, 1.82) is 0 Å². The number of rotatable bonds is 9. The quantitative estimate of drug-likeness (QED) is 0.584. The smallest absolute Gasteiger partial charge is 0.253 e. The van der Waals surface area contributed by atoms with E-state index in [9.17, 15) is 9.59 Å². The highest BCUT2D eigenvalue weighted by Gasteiger charge is 2.41. The Labute approximate surface area is 196 Å². The van der Waals surface area contributed by atoms with Gasteiger partial charge in [0, 0.05) is 31.1 Å². The molecule has 2 amide bonds. The molecule has 1 N–H and O–H groups in total. The minimum atomic E-state index is -0.376. The Hall–Kier alpha value is -3.22. The van der Waals surface area contributed by atoms with Crippen LogP contribution in [-0.4, -0.2) is 57.7 Å². The standard InChI is InChI=1S/C26H34N2O5/c1-6-7-12-27-25(29)21-16-28(26(30)18-10-8-17(2)9-11-18)15-20(21)19-13-22(31-3)24(33-5)23(14-19)32-4/h8-11,13-14,20-21H,6-7,12,15-16H2,1-5H3,(H,27,29)/t20-,21+/m0/s1. The van der Waals surface area contributed by atoms with Gasteiger partial charge in [-0.2, -0.15) is 0 Å². The molecule has 0 bridgehead atoms. The molecule has 0 aromatic heterocycles. The molecule has 1 saturated heterocycles. The van der Waals surface area contributed by atoms with E-state index in [0.29, 0.717) is 42.4 Å². The Morgan fingerprint density at radius 1 is 1.00 bits per heavy atom. The molecule has 1 aliphatic rings. The van der Waals surface area contributed by atoms with Crippen LogP contribution in [0.1, 0.15) is 47.2 Å². The predicted octanol–water partition coefficient (Wildman–Crippen LogP) is 3.79. The van der Waals surface area contributed by atoms with Crippen molar-refractivity contribution >= 4 is 11.8 Å². The van der Waals surface area contributed by atoms with Crippen LogP contribution in [0.3, 0.4) is 0 Å². The third kappa shape index (κ3) is 5.41. The number of benzene rings is 2. The molecule has 7 heteroatoms. The van der Waals surface area contributed by atoms with Gasteiger partial charge in [-0.3, -0.25) is 9.59 Å². The molecule has 0 radical (unpaired) electrons. The summed E-state index contributed by atoms with van der Waals surface area (Å²) in [6.07, 6.45) is 1.92. The van der Waals surface area contributed by atoms with Gasteiger partial charge in [0.15, 0.2) is 11.5 Å². The molecule has 1 aliphatic heterocycles. The van der Waals surface area contributed by atoms with Crippen molar-refractivity contribution in [3.05, 3.63) is 53.1 Å². The number of unbranched alkanes of at least 4 members (excludes halogenated alkanes) is 1. The lowest BCUT2D eigenvalue weighted by molar-refractivity contribution is -0.124.